The molecule has 0 bridgehead atoms. The van der Waals surface area contributed by atoms with Gasteiger partial charge in [0.2, 0.25) is 15.9 Å². The van der Waals surface area contributed by atoms with E-state index in [0.29, 0.717) is 5.75 Å². The lowest BCUT2D eigenvalue weighted by molar-refractivity contribution is -0.138. The molecule has 1 unspecified atom stereocenters. The van der Waals surface area contributed by atoms with Gasteiger partial charge in [0.15, 0.2) is 0 Å². The van der Waals surface area contributed by atoms with E-state index in [9.17, 15) is 18.0 Å². The highest BCUT2D eigenvalue weighted by Crippen LogP contribution is 2.16. The Labute approximate surface area is 134 Å². The van der Waals surface area contributed by atoms with Crippen molar-refractivity contribution >= 4 is 21.9 Å². The first kappa shape index (κ1) is 18.9. The van der Waals surface area contributed by atoms with Gasteiger partial charge in [-0.15, -0.1) is 0 Å². The number of carbonyl (C=O) groups is 2. The van der Waals surface area contributed by atoms with E-state index >= 15 is 0 Å². The second kappa shape index (κ2) is 7.93. The molecular weight excluding hydrogens is 324 g/mol. The number of sulfonamides is 1. The van der Waals surface area contributed by atoms with E-state index in [1.54, 1.807) is 13.8 Å². The van der Waals surface area contributed by atoms with Crippen LogP contribution in [0.2, 0.25) is 0 Å². The minimum atomic E-state index is -3.93. The monoisotopic (exact) mass is 344 g/mol. The summed E-state index contributed by atoms with van der Waals surface area (Å²) in [6.07, 6.45) is 0. The van der Waals surface area contributed by atoms with Crippen molar-refractivity contribution in [3.05, 3.63) is 24.3 Å². The number of amides is 1. The number of methoxy groups -OCH3 is 1. The highest BCUT2D eigenvalue weighted by molar-refractivity contribution is 7.89. The molecule has 1 aromatic rings. The van der Waals surface area contributed by atoms with Gasteiger partial charge in [-0.05, 0) is 30.2 Å². The molecule has 0 aliphatic carbocycles. The Morgan fingerprint density at radius 2 is 1.78 bits per heavy atom. The van der Waals surface area contributed by atoms with Crippen molar-refractivity contribution in [1.29, 1.82) is 0 Å². The van der Waals surface area contributed by atoms with Crippen LogP contribution in [-0.2, 0) is 19.6 Å². The summed E-state index contributed by atoms with van der Waals surface area (Å²) in [4.78, 5) is 22.5. The van der Waals surface area contributed by atoms with Crippen LogP contribution in [-0.4, -0.2) is 45.1 Å². The molecule has 1 rings (SSSR count). The number of nitrogens with one attached hydrogen (secondary N) is 2. The number of benzene rings is 1. The topological polar surface area (TPSA) is 122 Å². The second-order valence-corrected chi connectivity index (χ2v) is 6.84. The Morgan fingerprint density at radius 3 is 2.22 bits per heavy atom. The van der Waals surface area contributed by atoms with Crippen LogP contribution < -0.4 is 14.8 Å². The molecule has 1 aromatic carbocycles. The Hall–Kier alpha value is -2.13. The van der Waals surface area contributed by atoms with Crippen molar-refractivity contribution in [2.24, 2.45) is 5.92 Å². The van der Waals surface area contributed by atoms with Crippen molar-refractivity contribution in [1.82, 2.24) is 10.0 Å². The van der Waals surface area contributed by atoms with E-state index in [1.807, 2.05) is 0 Å². The Balaban J connectivity index is 2.92. The highest BCUT2D eigenvalue weighted by atomic mass is 32.2. The SMILES string of the molecule is COc1ccc(S(=O)(=O)NC(C(=O)NCC(=O)O)C(C)C)cc1. The predicted octanol–water partition coefficient (Wildman–Crippen LogP) is 0.199. The maximum absolute atomic E-state index is 12.3. The van der Waals surface area contributed by atoms with Gasteiger partial charge in [-0.2, -0.15) is 4.72 Å². The van der Waals surface area contributed by atoms with E-state index < -0.39 is 34.5 Å². The van der Waals surface area contributed by atoms with Crippen LogP contribution in [0.3, 0.4) is 0 Å². The average Bonchev–Trinajstić information content (AvgIpc) is 2.50. The molecule has 0 heterocycles. The molecule has 0 aliphatic heterocycles. The van der Waals surface area contributed by atoms with Crippen LogP contribution in [0, 0.1) is 5.92 Å². The number of carbonyl (C=O) groups excluding carboxylic acids is 1. The molecule has 1 amide bonds. The zero-order chi connectivity index (χ0) is 17.6. The molecule has 0 saturated heterocycles. The maximum Gasteiger partial charge on any atom is 0.322 e. The van der Waals surface area contributed by atoms with Crippen LogP contribution in [0.4, 0.5) is 0 Å². The summed E-state index contributed by atoms with van der Waals surface area (Å²) in [5.41, 5.74) is 0. The van der Waals surface area contributed by atoms with Gasteiger partial charge in [-0.3, -0.25) is 9.59 Å². The summed E-state index contributed by atoms with van der Waals surface area (Å²) in [5.74, 6) is -1.77. The van der Waals surface area contributed by atoms with Crippen LogP contribution in [0.1, 0.15) is 13.8 Å². The first-order valence-electron chi connectivity index (χ1n) is 6.83. The summed E-state index contributed by atoms with van der Waals surface area (Å²) in [6.45, 7) is 2.73. The van der Waals surface area contributed by atoms with E-state index in [4.69, 9.17) is 9.84 Å². The van der Waals surface area contributed by atoms with Gasteiger partial charge in [-0.25, -0.2) is 8.42 Å². The normalized spacial score (nSPS) is 12.7. The van der Waals surface area contributed by atoms with Crippen LogP contribution in [0.25, 0.3) is 0 Å². The van der Waals surface area contributed by atoms with Crippen LogP contribution in [0.5, 0.6) is 5.75 Å². The molecule has 0 aromatic heterocycles. The summed E-state index contributed by atoms with van der Waals surface area (Å²) >= 11 is 0. The molecule has 0 spiro atoms. The van der Waals surface area contributed by atoms with Gasteiger partial charge >= 0.3 is 5.97 Å². The molecule has 0 saturated carbocycles. The minimum absolute atomic E-state index is 0.0185. The fourth-order valence-corrected chi connectivity index (χ4v) is 3.10. The third kappa shape index (κ3) is 5.53. The molecule has 1 atom stereocenters. The largest absolute Gasteiger partial charge is 0.497 e. The molecule has 3 N–H and O–H groups in total. The smallest absolute Gasteiger partial charge is 0.322 e. The number of hydrogen-bond acceptors (Lipinski definition) is 5. The molecule has 0 fully saturated rings. The van der Waals surface area contributed by atoms with Gasteiger partial charge in [0.25, 0.3) is 0 Å². The standard InChI is InChI=1S/C14H20N2O6S/c1-9(2)13(14(19)15-8-12(17)18)16-23(20,21)11-6-4-10(22-3)5-7-11/h4-7,9,13,16H,8H2,1-3H3,(H,15,19)(H,17,18). The molecular formula is C14H20N2O6S. The fourth-order valence-electron chi connectivity index (χ4n) is 1.76. The van der Waals surface area contributed by atoms with E-state index in [1.165, 1.54) is 31.4 Å². The molecule has 0 radical (unpaired) electrons. The van der Waals surface area contributed by atoms with Crippen molar-refractivity contribution in [3.63, 3.8) is 0 Å². The number of carboxylic acids is 1. The van der Waals surface area contributed by atoms with Crippen molar-refractivity contribution < 1.29 is 27.9 Å². The van der Waals surface area contributed by atoms with Crippen LogP contribution >= 0.6 is 0 Å². The number of ether oxygens (including phenoxy) is 1. The molecule has 9 heteroatoms. The quantitative estimate of drug-likeness (QED) is 0.619. The average molecular weight is 344 g/mol. The Morgan fingerprint density at radius 1 is 1.22 bits per heavy atom. The third-order valence-corrected chi connectivity index (χ3v) is 4.47. The van der Waals surface area contributed by atoms with Crippen molar-refractivity contribution in [3.8, 4) is 5.75 Å². The van der Waals surface area contributed by atoms with E-state index in [2.05, 4.69) is 10.0 Å². The molecule has 8 nitrogen and oxygen atoms in total. The summed E-state index contributed by atoms with van der Waals surface area (Å²) in [6, 6.07) is 4.61. The van der Waals surface area contributed by atoms with E-state index in [-0.39, 0.29) is 10.8 Å². The highest BCUT2D eigenvalue weighted by Gasteiger charge is 2.28. The predicted molar refractivity (Wildman–Crippen MR) is 82.6 cm³/mol. The Kier molecular flexibility index (Phi) is 6.52. The van der Waals surface area contributed by atoms with Gasteiger partial charge < -0.3 is 15.2 Å². The molecule has 0 aliphatic rings. The lowest BCUT2D eigenvalue weighted by Gasteiger charge is -2.21. The number of carboxylic acid groups (broad SMARTS) is 1. The first-order chi connectivity index (χ1) is 10.7. The maximum atomic E-state index is 12.3. The van der Waals surface area contributed by atoms with Crippen molar-refractivity contribution in [2.45, 2.75) is 24.8 Å². The minimum Gasteiger partial charge on any atom is -0.497 e. The lowest BCUT2D eigenvalue weighted by Crippen LogP contribution is -2.50. The second-order valence-electron chi connectivity index (χ2n) is 5.13. The molecule has 128 valence electrons. The van der Waals surface area contributed by atoms with Gasteiger partial charge in [0.05, 0.1) is 12.0 Å². The Bertz CT molecular complexity index is 654. The third-order valence-electron chi connectivity index (χ3n) is 3.01. The fraction of sp³-hybridized carbons (Fsp3) is 0.429. The van der Waals surface area contributed by atoms with E-state index in [0.717, 1.165) is 0 Å². The summed E-state index contributed by atoms with van der Waals surface area (Å²) < 4.78 is 31.9. The van der Waals surface area contributed by atoms with Crippen molar-refractivity contribution in [2.75, 3.05) is 13.7 Å². The van der Waals surface area contributed by atoms with Gasteiger partial charge in [-0.1, -0.05) is 13.8 Å². The lowest BCUT2D eigenvalue weighted by atomic mass is 10.1. The zero-order valence-electron chi connectivity index (χ0n) is 13.1. The zero-order valence-corrected chi connectivity index (χ0v) is 13.9. The number of rotatable bonds is 8. The van der Waals surface area contributed by atoms with Gasteiger partial charge in [0, 0.05) is 0 Å². The molecule has 23 heavy (non-hydrogen) atoms. The number of hydrogen-bond donors (Lipinski definition) is 3. The van der Waals surface area contributed by atoms with Gasteiger partial charge in [0.1, 0.15) is 18.3 Å². The number of aliphatic carboxylic acids is 1. The summed E-state index contributed by atoms with van der Waals surface area (Å²) in [5, 5.41) is 10.7. The van der Waals surface area contributed by atoms with Crippen LogP contribution in [0.15, 0.2) is 29.2 Å². The first-order valence-corrected chi connectivity index (χ1v) is 8.31. The summed E-state index contributed by atoms with van der Waals surface area (Å²) in [7, 11) is -2.47.